The maximum absolute atomic E-state index is 12.0. The highest BCUT2D eigenvalue weighted by Gasteiger charge is 2.31. The monoisotopic (exact) mass is 324 g/mol. The van der Waals surface area contributed by atoms with E-state index in [4.69, 9.17) is 0 Å². The van der Waals surface area contributed by atoms with Gasteiger partial charge in [0.15, 0.2) is 0 Å². The number of amidine groups is 1. The number of hydrogen-bond acceptors (Lipinski definition) is 5. The van der Waals surface area contributed by atoms with Gasteiger partial charge >= 0.3 is 0 Å². The molecule has 0 fully saturated rings. The van der Waals surface area contributed by atoms with Gasteiger partial charge in [-0.2, -0.15) is 0 Å². The van der Waals surface area contributed by atoms with Gasteiger partial charge in [0.2, 0.25) is 5.91 Å². The van der Waals surface area contributed by atoms with Crippen molar-refractivity contribution in [2.75, 3.05) is 20.1 Å². The van der Waals surface area contributed by atoms with Gasteiger partial charge in [0.05, 0.1) is 4.90 Å². The molecule has 120 valence electrons. The Balaban J connectivity index is 2.09. The van der Waals surface area contributed by atoms with Crippen LogP contribution in [-0.2, 0) is 14.8 Å². The van der Waals surface area contributed by atoms with Crippen LogP contribution in [0.1, 0.15) is 18.9 Å². The summed E-state index contributed by atoms with van der Waals surface area (Å²) in [7, 11) is -1.72. The summed E-state index contributed by atoms with van der Waals surface area (Å²) >= 11 is 0. The molecule has 8 heteroatoms. The molecule has 0 saturated carbocycles. The van der Waals surface area contributed by atoms with E-state index in [9.17, 15) is 13.2 Å². The van der Waals surface area contributed by atoms with E-state index in [-0.39, 0.29) is 16.6 Å². The number of carbonyl (C=O) groups excluding carboxylic acids is 1. The lowest BCUT2D eigenvalue weighted by Crippen LogP contribution is -2.35. The van der Waals surface area contributed by atoms with Crippen molar-refractivity contribution in [1.29, 1.82) is 0 Å². The van der Waals surface area contributed by atoms with Crippen LogP contribution in [0.25, 0.3) is 0 Å². The van der Waals surface area contributed by atoms with Crippen molar-refractivity contribution >= 4 is 21.8 Å². The fraction of sp³-hybridized carbons (Fsp3) is 0.429. The van der Waals surface area contributed by atoms with Crippen LogP contribution in [0.15, 0.2) is 34.2 Å². The molecule has 1 aliphatic heterocycles. The van der Waals surface area contributed by atoms with Crippen LogP contribution < -0.4 is 15.4 Å². The third kappa shape index (κ3) is 3.63. The summed E-state index contributed by atoms with van der Waals surface area (Å²) in [6, 6.07) is 5.91. The molecule has 0 bridgehead atoms. The average Bonchev–Trinajstić information content (AvgIpc) is 2.75. The van der Waals surface area contributed by atoms with Crippen molar-refractivity contribution in [2.24, 2.45) is 4.99 Å². The number of aliphatic imine (C=N–C) groups is 1. The van der Waals surface area contributed by atoms with Crippen LogP contribution in [0.5, 0.6) is 0 Å². The Bertz CT molecular complexity index is 685. The van der Waals surface area contributed by atoms with Crippen LogP contribution in [0.2, 0.25) is 0 Å². The van der Waals surface area contributed by atoms with Crippen LogP contribution in [0.3, 0.4) is 0 Å². The van der Waals surface area contributed by atoms with Gasteiger partial charge in [0.1, 0.15) is 11.9 Å². The van der Waals surface area contributed by atoms with Crippen molar-refractivity contribution in [3.05, 3.63) is 29.8 Å². The summed E-state index contributed by atoms with van der Waals surface area (Å²) in [5.41, 5.74) is 0.498. The first-order valence-corrected chi connectivity index (χ1v) is 8.56. The lowest BCUT2D eigenvalue weighted by atomic mass is 10.2. The molecule has 1 aliphatic rings. The van der Waals surface area contributed by atoms with Crippen molar-refractivity contribution in [3.8, 4) is 0 Å². The van der Waals surface area contributed by atoms with Gasteiger partial charge in [-0.15, -0.1) is 0 Å². The number of nitrogens with zero attached hydrogens (tertiary/aromatic N) is 1. The predicted octanol–water partition coefficient (Wildman–Crippen LogP) is -0.161. The number of benzene rings is 1. The zero-order valence-corrected chi connectivity index (χ0v) is 13.4. The third-order valence-electron chi connectivity index (χ3n) is 3.27. The summed E-state index contributed by atoms with van der Waals surface area (Å²) in [5.74, 6) is -0.0133. The van der Waals surface area contributed by atoms with Crippen molar-refractivity contribution < 1.29 is 13.2 Å². The van der Waals surface area contributed by atoms with Gasteiger partial charge in [-0.3, -0.25) is 14.5 Å². The van der Waals surface area contributed by atoms with Gasteiger partial charge in [-0.25, -0.2) is 8.42 Å². The molecular weight excluding hydrogens is 304 g/mol. The van der Waals surface area contributed by atoms with E-state index in [0.717, 1.165) is 13.0 Å². The second-order valence-corrected chi connectivity index (χ2v) is 6.65. The van der Waals surface area contributed by atoms with Crippen molar-refractivity contribution in [3.63, 3.8) is 0 Å². The molecule has 2 rings (SSSR count). The number of carbonyl (C=O) groups is 1. The Hall–Kier alpha value is -1.93. The zero-order chi connectivity index (χ0) is 16.2. The number of amides is 1. The first-order valence-electron chi connectivity index (χ1n) is 7.08. The molecule has 0 radical (unpaired) electrons. The Kier molecular flexibility index (Phi) is 5.15. The van der Waals surface area contributed by atoms with Crippen LogP contribution >= 0.6 is 0 Å². The highest BCUT2D eigenvalue weighted by atomic mass is 32.2. The third-order valence-corrected chi connectivity index (χ3v) is 4.66. The van der Waals surface area contributed by atoms with E-state index >= 15 is 0 Å². The standard InChI is InChI=1S/C14H20N4O3S/c1-10(14(19)16-9-5-8-15-2)17-13-11-6-3-4-7-12(11)22(20,21)18-13/h3-4,6-7,10,15H,5,8-9H2,1-2H3,(H,16,19)(H,17,18). The molecular formula is C14H20N4O3S. The van der Waals surface area contributed by atoms with Crippen molar-refractivity contribution in [2.45, 2.75) is 24.3 Å². The lowest BCUT2D eigenvalue weighted by molar-refractivity contribution is -0.121. The summed E-state index contributed by atoms with van der Waals surface area (Å²) in [4.78, 5) is 16.4. The molecule has 3 N–H and O–H groups in total. The summed E-state index contributed by atoms with van der Waals surface area (Å²) in [6.07, 6.45) is 0.820. The second kappa shape index (κ2) is 6.89. The van der Waals surface area contributed by atoms with E-state index in [1.165, 1.54) is 6.07 Å². The average molecular weight is 324 g/mol. The van der Waals surface area contributed by atoms with Crippen LogP contribution in [0, 0.1) is 0 Å². The highest BCUT2D eigenvalue weighted by Crippen LogP contribution is 2.22. The Labute approximate surface area is 130 Å². The van der Waals surface area contributed by atoms with Gasteiger partial charge in [-0.1, -0.05) is 12.1 Å². The molecule has 7 nitrogen and oxygen atoms in total. The number of nitrogens with one attached hydrogen (secondary N) is 3. The number of fused-ring (bicyclic) bond motifs is 1. The van der Waals surface area contributed by atoms with E-state index in [2.05, 4.69) is 20.3 Å². The summed E-state index contributed by atoms with van der Waals surface area (Å²) in [6.45, 7) is 3.00. The van der Waals surface area contributed by atoms with E-state index in [0.29, 0.717) is 12.1 Å². The number of hydrogen-bond donors (Lipinski definition) is 3. The lowest BCUT2D eigenvalue weighted by Gasteiger charge is -2.09. The smallest absolute Gasteiger partial charge is 0.263 e. The maximum Gasteiger partial charge on any atom is 0.263 e. The molecule has 1 aromatic rings. The zero-order valence-electron chi connectivity index (χ0n) is 12.6. The largest absolute Gasteiger partial charge is 0.354 e. The maximum atomic E-state index is 12.0. The second-order valence-electron chi connectivity index (χ2n) is 5.00. The molecule has 1 atom stereocenters. The first kappa shape index (κ1) is 16.4. The topological polar surface area (TPSA) is 99.7 Å². The fourth-order valence-electron chi connectivity index (χ4n) is 2.11. The molecule has 0 aromatic heterocycles. The molecule has 1 amide bonds. The predicted molar refractivity (Wildman–Crippen MR) is 84.3 cm³/mol. The quantitative estimate of drug-likeness (QED) is 0.633. The Morgan fingerprint density at radius 1 is 1.32 bits per heavy atom. The minimum Gasteiger partial charge on any atom is -0.354 e. The van der Waals surface area contributed by atoms with Crippen molar-refractivity contribution in [1.82, 2.24) is 15.4 Å². The SMILES string of the molecule is CNCCCNC(=O)C(C)N=C1NS(=O)(=O)c2ccccc21. The number of sulfonamides is 1. The number of rotatable bonds is 6. The first-order chi connectivity index (χ1) is 10.5. The molecule has 0 saturated heterocycles. The molecule has 1 heterocycles. The van der Waals surface area contributed by atoms with Gasteiger partial charge in [-0.05, 0) is 39.1 Å². The normalized spacial score (nSPS) is 18.5. The highest BCUT2D eigenvalue weighted by molar-refractivity contribution is 7.90. The van der Waals surface area contributed by atoms with Crippen LogP contribution in [0.4, 0.5) is 0 Å². The summed E-state index contributed by atoms with van der Waals surface area (Å²) < 4.78 is 26.3. The molecule has 22 heavy (non-hydrogen) atoms. The fourth-order valence-corrected chi connectivity index (χ4v) is 3.35. The van der Waals surface area contributed by atoms with E-state index in [1.54, 1.807) is 25.1 Å². The van der Waals surface area contributed by atoms with Gasteiger partial charge < -0.3 is 10.6 Å². The summed E-state index contributed by atoms with van der Waals surface area (Å²) in [5, 5.41) is 5.77. The minimum atomic E-state index is -3.57. The Morgan fingerprint density at radius 3 is 2.77 bits per heavy atom. The molecule has 0 spiro atoms. The molecule has 1 aromatic carbocycles. The van der Waals surface area contributed by atoms with E-state index < -0.39 is 16.1 Å². The minimum absolute atomic E-state index is 0.190. The van der Waals surface area contributed by atoms with Crippen LogP contribution in [-0.4, -0.2) is 46.3 Å². The molecule has 0 aliphatic carbocycles. The van der Waals surface area contributed by atoms with Gasteiger partial charge in [0.25, 0.3) is 10.0 Å². The van der Waals surface area contributed by atoms with E-state index in [1.807, 2.05) is 7.05 Å². The molecule has 1 unspecified atom stereocenters. The van der Waals surface area contributed by atoms with Gasteiger partial charge in [0, 0.05) is 12.1 Å². The Morgan fingerprint density at radius 2 is 2.05 bits per heavy atom.